The van der Waals surface area contributed by atoms with Crippen LogP contribution >= 0.6 is 0 Å². The summed E-state index contributed by atoms with van der Waals surface area (Å²) in [5, 5.41) is 3.32. The first-order valence-corrected chi connectivity index (χ1v) is 6.34. The first kappa shape index (κ1) is 10.9. The van der Waals surface area contributed by atoms with Gasteiger partial charge in [-0.2, -0.15) is 0 Å². The molecule has 0 spiro atoms. The summed E-state index contributed by atoms with van der Waals surface area (Å²) in [5.74, 6) is 0.856. The molecule has 0 bridgehead atoms. The summed E-state index contributed by atoms with van der Waals surface area (Å²) in [6.07, 6.45) is 4.41. The van der Waals surface area contributed by atoms with Crippen LogP contribution in [0.3, 0.4) is 0 Å². The van der Waals surface area contributed by atoms with Crippen molar-refractivity contribution in [3.05, 3.63) is 18.0 Å². The molecule has 1 unspecified atom stereocenters. The Morgan fingerprint density at radius 3 is 3.00 bits per heavy atom. The Morgan fingerprint density at radius 2 is 2.24 bits per heavy atom. The van der Waals surface area contributed by atoms with Crippen molar-refractivity contribution in [3.63, 3.8) is 0 Å². The van der Waals surface area contributed by atoms with Gasteiger partial charge in [0, 0.05) is 32.4 Å². The van der Waals surface area contributed by atoms with Crippen LogP contribution in [-0.4, -0.2) is 42.8 Å². The van der Waals surface area contributed by atoms with E-state index in [0.717, 1.165) is 44.4 Å². The van der Waals surface area contributed by atoms with Gasteiger partial charge < -0.3 is 15.0 Å². The molecule has 0 aliphatic carbocycles. The second kappa shape index (κ2) is 4.98. The van der Waals surface area contributed by atoms with Gasteiger partial charge in [-0.05, 0) is 18.9 Å². The van der Waals surface area contributed by atoms with Crippen molar-refractivity contribution in [2.24, 2.45) is 0 Å². The number of aromatic nitrogens is 2. The second-order valence-corrected chi connectivity index (χ2v) is 4.54. The molecule has 0 radical (unpaired) electrons. The molecule has 3 heterocycles. The molecular formula is C12H18N4O. The van der Waals surface area contributed by atoms with Crippen LogP contribution in [0.1, 0.15) is 24.6 Å². The van der Waals surface area contributed by atoms with Gasteiger partial charge in [-0.1, -0.05) is 0 Å². The van der Waals surface area contributed by atoms with Gasteiger partial charge in [-0.25, -0.2) is 9.97 Å². The van der Waals surface area contributed by atoms with E-state index < -0.39 is 0 Å². The lowest BCUT2D eigenvalue weighted by Crippen LogP contribution is -2.34. The maximum Gasteiger partial charge on any atom is 0.225 e. The van der Waals surface area contributed by atoms with Crippen molar-refractivity contribution in [1.82, 2.24) is 15.3 Å². The molecule has 2 saturated heterocycles. The van der Waals surface area contributed by atoms with E-state index in [2.05, 4.69) is 20.2 Å². The first-order valence-electron chi connectivity index (χ1n) is 6.34. The third kappa shape index (κ3) is 2.40. The number of anilines is 1. The molecule has 92 valence electrons. The predicted octanol–water partition coefficient (Wildman–Crippen LogP) is 0.738. The van der Waals surface area contributed by atoms with Gasteiger partial charge in [0.15, 0.2) is 0 Å². The second-order valence-electron chi connectivity index (χ2n) is 4.54. The lowest BCUT2D eigenvalue weighted by Gasteiger charge is -2.24. The third-order valence-corrected chi connectivity index (χ3v) is 3.31. The van der Waals surface area contributed by atoms with Crippen LogP contribution in [-0.2, 0) is 4.74 Å². The number of ether oxygens (including phenoxy) is 1. The number of nitrogens with zero attached hydrogens (tertiary/aromatic N) is 3. The molecule has 17 heavy (non-hydrogen) atoms. The average molecular weight is 234 g/mol. The standard InChI is InChI=1S/C12H18N4O/c1-2-7-16(6-1)12-14-4-3-10(15-12)11-9-13-5-8-17-11/h3-4,11,13H,1-2,5-9H2. The molecule has 1 N–H and O–H groups in total. The molecule has 2 fully saturated rings. The number of nitrogens with one attached hydrogen (secondary N) is 1. The molecule has 1 aromatic heterocycles. The van der Waals surface area contributed by atoms with Gasteiger partial charge in [0.05, 0.1) is 12.3 Å². The molecule has 0 amide bonds. The van der Waals surface area contributed by atoms with E-state index in [-0.39, 0.29) is 6.10 Å². The number of hydrogen-bond donors (Lipinski definition) is 1. The highest BCUT2D eigenvalue weighted by atomic mass is 16.5. The fourth-order valence-electron chi connectivity index (χ4n) is 2.37. The van der Waals surface area contributed by atoms with Gasteiger partial charge in [-0.15, -0.1) is 0 Å². The van der Waals surface area contributed by atoms with Gasteiger partial charge >= 0.3 is 0 Å². The van der Waals surface area contributed by atoms with Crippen LogP contribution in [0.15, 0.2) is 12.3 Å². The maximum absolute atomic E-state index is 5.71. The minimum Gasteiger partial charge on any atom is -0.369 e. The van der Waals surface area contributed by atoms with Crippen LogP contribution < -0.4 is 10.2 Å². The fourth-order valence-corrected chi connectivity index (χ4v) is 2.37. The average Bonchev–Trinajstić information content (AvgIpc) is 2.94. The molecule has 0 aromatic carbocycles. The molecule has 2 aliphatic rings. The minimum absolute atomic E-state index is 0.0769. The summed E-state index contributed by atoms with van der Waals surface area (Å²) in [6, 6.07) is 1.96. The Labute approximate surface area is 101 Å². The van der Waals surface area contributed by atoms with E-state index in [4.69, 9.17) is 4.74 Å². The van der Waals surface area contributed by atoms with E-state index in [0.29, 0.717) is 0 Å². The predicted molar refractivity (Wildman–Crippen MR) is 65.0 cm³/mol. The Morgan fingerprint density at radius 1 is 1.35 bits per heavy atom. The third-order valence-electron chi connectivity index (χ3n) is 3.31. The summed E-state index contributed by atoms with van der Waals surface area (Å²) in [7, 11) is 0. The Balaban J connectivity index is 1.77. The monoisotopic (exact) mass is 234 g/mol. The number of morpholine rings is 1. The zero-order chi connectivity index (χ0) is 11.5. The highest BCUT2D eigenvalue weighted by molar-refractivity contribution is 5.32. The quantitative estimate of drug-likeness (QED) is 0.818. The molecule has 1 atom stereocenters. The fraction of sp³-hybridized carbons (Fsp3) is 0.667. The molecule has 1 aromatic rings. The minimum atomic E-state index is 0.0769. The Hall–Kier alpha value is -1.20. The van der Waals surface area contributed by atoms with E-state index >= 15 is 0 Å². The van der Waals surface area contributed by atoms with E-state index in [9.17, 15) is 0 Å². The smallest absolute Gasteiger partial charge is 0.225 e. The molecule has 2 aliphatic heterocycles. The van der Waals surface area contributed by atoms with Gasteiger partial charge in [0.25, 0.3) is 0 Å². The zero-order valence-corrected chi connectivity index (χ0v) is 9.93. The van der Waals surface area contributed by atoms with Crippen molar-refractivity contribution < 1.29 is 4.74 Å². The molecule has 3 rings (SSSR count). The normalized spacial score (nSPS) is 25.2. The molecule has 5 nitrogen and oxygen atoms in total. The van der Waals surface area contributed by atoms with Gasteiger partial charge in [0.2, 0.25) is 5.95 Å². The summed E-state index contributed by atoms with van der Waals surface area (Å²) >= 11 is 0. The maximum atomic E-state index is 5.71. The zero-order valence-electron chi connectivity index (χ0n) is 9.93. The summed E-state index contributed by atoms with van der Waals surface area (Å²) < 4.78 is 5.71. The van der Waals surface area contributed by atoms with Crippen molar-refractivity contribution in [2.75, 3.05) is 37.7 Å². The SMILES string of the molecule is c1cc(C2CNCCO2)nc(N2CCCC2)n1. The largest absolute Gasteiger partial charge is 0.369 e. The molecule has 0 saturated carbocycles. The van der Waals surface area contributed by atoms with Crippen molar-refractivity contribution in [3.8, 4) is 0 Å². The number of rotatable bonds is 2. The molecular weight excluding hydrogens is 216 g/mol. The molecule has 5 heteroatoms. The van der Waals surface area contributed by atoms with E-state index in [1.807, 2.05) is 12.3 Å². The topological polar surface area (TPSA) is 50.3 Å². The van der Waals surface area contributed by atoms with Crippen LogP contribution in [0.2, 0.25) is 0 Å². The number of hydrogen-bond acceptors (Lipinski definition) is 5. The van der Waals surface area contributed by atoms with Crippen molar-refractivity contribution in [2.45, 2.75) is 18.9 Å². The lowest BCUT2D eigenvalue weighted by atomic mass is 10.2. The Bertz CT molecular complexity index is 373. The van der Waals surface area contributed by atoms with E-state index in [1.54, 1.807) is 0 Å². The van der Waals surface area contributed by atoms with E-state index in [1.165, 1.54) is 12.8 Å². The van der Waals surface area contributed by atoms with Crippen molar-refractivity contribution >= 4 is 5.95 Å². The summed E-state index contributed by atoms with van der Waals surface area (Å²) in [4.78, 5) is 11.2. The Kier molecular flexibility index (Phi) is 3.20. The summed E-state index contributed by atoms with van der Waals surface area (Å²) in [6.45, 7) is 4.69. The highest BCUT2D eigenvalue weighted by Crippen LogP contribution is 2.20. The van der Waals surface area contributed by atoms with Crippen LogP contribution in [0.25, 0.3) is 0 Å². The van der Waals surface area contributed by atoms with Crippen LogP contribution in [0.5, 0.6) is 0 Å². The van der Waals surface area contributed by atoms with Gasteiger partial charge in [0.1, 0.15) is 6.10 Å². The van der Waals surface area contributed by atoms with Crippen LogP contribution in [0, 0.1) is 0 Å². The lowest BCUT2D eigenvalue weighted by molar-refractivity contribution is 0.0250. The van der Waals surface area contributed by atoms with Crippen LogP contribution in [0.4, 0.5) is 5.95 Å². The van der Waals surface area contributed by atoms with Crippen molar-refractivity contribution in [1.29, 1.82) is 0 Å². The first-order chi connectivity index (χ1) is 8.43. The van der Waals surface area contributed by atoms with Gasteiger partial charge in [-0.3, -0.25) is 0 Å². The highest BCUT2D eigenvalue weighted by Gasteiger charge is 2.20. The summed E-state index contributed by atoms with van der Waals surface area (Å²) in [5.41, 5.74) is 0.995.